The molecule has 0 spiro atoms. The second kappa shape index (κ2) is 11.0. The molecule has 7 heteroatoms. The van der Waals surface area contributed by atoms with Crippen LogP contribution >= 0.6 is 0 Å². The van der Waals surface area contributed by atoms with Crippen LogP contribution in [0.5, 0.6) is 0 Å². The van der Waals surface area contributed by atoms with E-state index >= 15 is 8.78 Å². The summed E-state index contributed by atoms with van der Waals surface area (Å²) < 4.78 is 56.5. The van der Waals surface area contributed by atoms with E-state index < -0.39 is 32.1 Å². The minimum absolute atomic E-state index is 0.209. The van der Waals surface area contributed by atoms with E-state index in [2.05, 4.69) is 0 Å². The Kier molecular flexibility index (Phi) is 8.35. The van der Waals surface area contributed by atoms with Crippen LogP contribution in [0.2, 0.25) is 0 Å². The number of nitrogens with zero attached hydrogens (tertiary/aromatic N) is 1. The zero-order valence-corrected chi connectivity index (χ0v) is 19.3. The van der Waals surface area contributed by atoms with E-state index in [0.717, 1.165) is 23.3 Å². The number of aliphatic hydroxyl groups is 1. The lowest BCUT2D eigenvalue weighted by Crippen LogP contribution is -2.54. The van der Waals surface area contributed by atoms with Gasteiger partial charge in [0.25, 0.3) is 0 Å². The molecule has 33 heavy (non-hydrogen) atoms. The summed E-state index contributed by atoms with van der Waals surface area (Å²) in [5.41, 5.74) is 1.77. The standard InChI is InChI=1S/C26H29F2NO3S/c1-2-12-24(25(30)26(27,28)33(31,32)23-17-10-5-11-18-23)29(19-21-13-6-3-7-14-21)20-22-15-8-4-9-16-22/h3-11,13-18,24-25,30H,2,12,19-20H2,1H3/t24-,25-/m0/s1. The van der Waals surface area contributed by atoms with Gasteiger partial charge in [-0.2, -0.15) is 8.78 Å². The SMILES string of the molecule is CCC[C@@H]([C@H](O)C(F)(F)S(=O)(=O)c1ccccc1)N(Cc1ccccc1)Cc1ccccc1. The molecule has 0 aliphatic rings. The molecule has 4 nitrogen and oxygen atoms in total. The Morgan fingerprint density at radius 2 is 1.24 bits per heavy atom. The van der Waals surface area contributed by atoms with Crippen molar-refractivity contribution in [2.75, 3.05) is 0 Å². The molecule has 0 amide bonds. The van der Waals surface area contributed by atoms with Crippen molar-refractivity contribution in [3.8, 4) is 0 Å². The smallest absolute Gasteiger partial charge is 0.376 e. The van der Waals surface area contributed by atoms with Crippen molar-refractivity contribution >= 4 is 9.84 Å². The number of benzene rings is 3. The molecule has 0 aliphatic carbocycles. The van der Waals surface area contributed by atoms with Gasteiger partial charge < -0.3 is 5.11 Å². The Hall–Kier alpha value is -2.61. The second-order valence-corrected chi connectivity index (χ2v) is 10.1. The Labute approximate surface area is 194 Å². The zero-order chi connectivity index (χ0) is 23.9. The largest absolute Gasteiger partial charge is 0.384 e. The third-order valence-corrected chi connectivity index (χ3v) is 7.48. The number of alkyl halides is 2. The molecule has 0 saturated carbocycles. The van der Waals surface area contributed by atoms with Crippen LogP contribution in [-0.4, -0.2) is 35.8 Å². The van der Waals surface area contributed by atoms with Crippen molar-refractivity contribution in [1.82, 2.24) is 4.90 Å². The van der Waals surface area contributed by atoms with Crippen molar-refractivity contribution in [3.63, 3.8) is 0 Å². The third-order valence-electron chi connectivity index (χ3n) is 5.63. The minimum Gasteiger partial charge on any atom is -0.384 e. The van der Waals surface area contributed by atoms with Crippen LogP contribution in [0.25, 0.3) is 0 Å². The summed E-state index contributed by atoms with van der Waals surface area (Å²) in [6.07, 6.45) is -1.70. The van der Waals surface area contributed by atoms with E-state index in [1.807, 2.05) is 67.6 Å². The molecule has 1 N–H and O–H groups in total. The monoisotopic (exact) mass is 473 g/mol. The highest BCUT2D eigenvalue weighted by molar-refractivity contribution is 7.92. The predicted octanol–water partition coefficient (Wildman–Crippen LogP) is 5.29. The topological polar surface area (TPSA) is 57.6 Å². The van der Waals surface area contributed by atoms with Gasteiger partial charge in [-0.05, 0) is 29.7 Å². The van der Waals surface area contributed by atoms with E-state index in [1.165, 1.54) is 12.1 Å². The van der Waals surface area contributed by atoms with Crippen LogP contribution in [0.1, 0.15) is 30.9 Å². The lowest BCUT2D eigenvalue weighted by molar-refractivity contribution is -0.0903. The highest BCUT2D eigenvalue weighted by atomic mass is 32.2. The maximum absolute atomic E-state index is 15.4. The quantitative estimate of drug-likeness (QED) is 0.411. The van der Waals surface area contributed by atoms with Crippen LogP contribution in [0, 0.1) is 0 Å². The van der Waals surface area contributed by atoms with Gasteiger partial charge in [-0.15, -0.1) is 0 Å². The van der Waals surface area contributed by atoms with Gasteiger partial charge in [-0.1, -0.05) is 92.2 Å². The van der Waals surface area contributed by atoms with Gasteiger partial charge in [0.05, 0.1) is 4.90 Å². The van der Waals surface area contributed by atoms with Crippen LogP contribution in [0.4, 0.5) is 8.78 Å². The van der Waals surface area contributed by atoms with Gasteiger partial charge >= 0.3 is 5.25 Å². The van der Waals surface area contributed by atoms with E-state index in [4.69, 9.17) is 0 Å². The van der Waals surface area contributed by atoms with Gasteiger partial charge in [0, 0.05) is 19.1 Å². The average Bonchev–Trinajstić information content (AvgIpc) is 2.83. The maximum atomic E-state index is 15.4. The Morgan fingerprint density at radius 3 is 1.67 bits per heavy atom. The number of sulfone groups is 1. The van der Waals surface area contributed by atoms with Crippen molar-refractivity contribution in [2.24, 2.45) is 0 Å². The summed E-state index contributed by atoms with van der Waals surface area (Å²) in [6.45, 7) is 2.41. The van der Waals surface area contributed by atoms with Gasteiger partial charge in [-0.3, -0.25) is 4.90 Å². The normalized spacial score (nSPS) is 14.2. The molecule has 0 unspecified atom stereocenters. The lowest BCUT2D eigenvalue weighted by atomic mass is 10.0. The second-order valence-electron chi connectivity index (χ2n) is 8.06. The molecule has 0 fully saturated rings. The first-order valence-corrected chi connectivity index (χ1v) is 12.4. The first-order chi connectivity index (χ1) is 15.8. The molecule has 3 rings (SSSR count). The van der Waals surface area contributed by atoms with Crippen LogP contribution in [-0.2, 0) is 22.9 Å². The zero-order valence-electron chi connectivity index (χ0n) is 18.5. The molecule has 176 valence electrons. The fourth-order valence-corrected chi connectivity index (χ4v) is 5.21. The molecule has 0 aliphatic heterocycles. The molecule has 3 aromatic carbocycles. The van der Waals surface area contributed by atoms with Crippen LogP contribution < -0.4 is 0 Å². The van der Waals surface area contributed by atoms with E-state index in [9.17, 15) is 13.5 Å². The highest BCUT2D eigenvalue weighted by Gasteiger charge is 2.55. The Balaban J connectivity index is 1.98. The van der Waals surface area contributed by atoms with Crippen molar-refractivity contribution < 1.29 is 22.3 Å². The average molecular weight is 474 g/mol. The van der Waals surface area contributed by atoms with Crippen molar-refractivity contribution in [3.05, 3.63) is 102 Å². The predicted molar refractivity (Wildman–Crippen MR) is 125 cm³/mol. The molecule has 0 heterocycles. The summed E-state index contributed by atoms with van der Waals surface area (Å²) in [7, 11) is -5.09. The summed E-state index contributed by atoms with van der Waals surface area (Å²) >= 11 is 0. The molecular weight excluding hydrogens is 444 g/mol. The number of hydrogen-bond donors (Lipinski definition) is 1. The minimum atomic E-state index is -5.09. The first kappa shape index (κ1) is 25.0. The van der Waals surface area contributed by atoms with Gasteiger partial charge in [0.1, 0.15) is 6.10 Å². The maximum Gasteiger partial charge on any atom is 0.376 e. The number of rotatable bonds is 11. The fourth-order valence-electron chi connectivity index (χ4n) is 3.90. The third kappa shape index (κ3) is 5.85. The van der Waals surface area contributed by atoms with E-state index in [1.54, 1.807) is 11.0 Å². The summed E-state index contributed by atoms with van der Waals surface area (Å²) in [5, 5.41) is 6.56. The first-order valence-electron chi connectivity index (χ1n) is 10.9. The molecule has 0 radical (unpaired) electrons. The van der Waals surface area contributed by atoms with Gasteiger partial charge in [0.2, 0.25) is 9.84 Å². The Morgan fingerprint density at radius 1 is 0.818 bits per heavy atom. The van der Waals surface area contributed by atoms with Crippen LogP contribution in [0.15, 0.2) is 95.9 Å². The summed E-state index contributed by atoms with van der Waals surface area (Å²) in [6, 6.07) is 24.2. The van der Waals surface area contributed by atoms with Crippen molar-refractivity contribution in [2.45, 2.75) is 55.2 Å². The molecule has 0 bridgehead atoms. The number of halogens is 2. The molecule has 3 aromatic rings. The summed E-state index contributed by atoms with van der Waals surface area (Å²) in [5.74, 6) is 0. The fraction of sp³-hybridized carbons (Fsp3) is 0.308. The Bertz CT molecular complexity index is 1050. The molecular formula is C26H29F2NO3S. The highest BCUT2D eigenvalue weighted by Crippen LogP contribution is 2.36. The van der Waals surface area contributed by atoms with E-state index in [0.29, 0.717) is 19.5 Å². The van der Waals surface area contributed by atoms with Gasteiger partial charge in [-0.25, -0.2) is 8.42 Å². The van der Waals surface area contributed by atoms with Gasteiger partial charge in [0.15, 0.2) is 0 Å². The van der Waals surface area contributed by atoms with Crippen LogP contribution in [0.3, 0.4) is 0 Å². The number of hydrogen-bond acceptors (Lipinski definition) is 4. The summed E-state index contributed by atoms with van der Waals surface area (Å²) in [4.78, 5) is 1.23. The number of aliphatic hydroxyl groups excluding tert-OH is 1. The molecule has 2 atom stereocenters. The van der Waals surface area contributed by atoms with Crippen molar-refractivity contribution in [1.29, 1.82) is 0 Å². The molecule has 0 aromatic heterocycles. The lowest BCUT2D eigenvalue weighted by Gasteiger charge is -2.37. The molecule has 0 saturated heterocycles. The van der Waals surface area contributed by atoms with E-state index in [-0.39, 0.29) is 6.42 Å².